The van der Waals surface area contributed by atoms with Gasteiger partial charge in [0.15, 0.2) is 0 Å². The number of nitrogens with one attached hydrogen (secondary N) is 1. The lowest BCUT2D eigenvalue weighted by Crippen LogP contribution is -2.32. The Morgan fingerprint density at radius 3 is 2.45 bits per heavy atom. The first-order valence-electron chi connectivity index (χ1n) is 10.5. The number of ether oxygens (including phenoxy) is 1. The number of methoxy groups -OCH3 is 1. The van der Waals surface area contributed by atoms with Crippen LogP contribution >= 0.6 is 0 Å². The van der Waals surface area contributed by atoms with Crippen LogP contribution in [0.3, 0.4) is 0 Å². The van der Waals surface area contributed by atoms with Crippen LogP contribution in [-0.4, -0.2) is 23.8 Å². The van der Waals surface area contributed by atoms with Crippen molar-refractivity contribution in [3.8, 4) is 5.75 Å². The average Bonchev–Trinajstić information content (AvgIpc) is 3.14. The molecule has 31 heavy (non-hydrogen) atoms. The summed E-state index contributed by atoms with van der Waals surface area (Å²) in [5.41, 5.74) is 4.50. The van der Waals surface area contributed by atoms with E-state index in [9.17, 15) is 9.59 Å². The van der Waals surface area contributed by atoms with Gasteiger partial charge in [0.05, 0.1) is 19.6 Å². The molecule has 0 saturated carbocycles. The molecule has 2 amide bonds. The number of hydrogen-bond acceptors (Lipinski definition) is 3. The van der Waals surface area contributed by atoms with Crippen molar-refractivity contribution in [2.24, 2.45) is 0 Å². The minimum Gasteiger partial charge on any atom is -0.497 e. The Labute approximate surface area is 182 Å². The van der Waals surface area contributed by atoms with Crippen molar-refractivity contribution in [3.63, 3.8) is 0 Å². The highest BCUT2D eigenvalue weighted by atomic mass is 16.5. The summed E-state index contributed by atoms with van der Waals surface area (Å²) >= 11 is 0. The van der Waals surface area contributed by atoms with E-state index in [0.717, 1.165) is 34.5 Å². The third kappa shape index (κ3) is 4.31. The number of carbonyl (C=O) groups excluding carboxylic acids is 2. The molecule has 1 aliphatic heterocycles. The molecule has 5 heteroatoms. The standard InChI is InChI=1S/C26H26N2O3/c1-3-18-8-5-7-11-23(18)27-25(29)16-24(19-12-14-21(31-2)15-13-19)28-17-20-9-4-6-10-22(20)26(28)30/h4-15,24H,3,16-17H2,1-2H3,(H,27,29)/t24-/m0/s1. The van der Waals surface area contributed by atoms with Gasteiger partial charge in [0.1, 0.15) is 5.75 Å². The number of aryl methyl sites for hydroxylation is 1. The van der Waals surface area contributed by atoms with Crippen LogP contribution in [0.15, 0.2) is 72.8 Å². The Hall–Kier alpha value is -3.60. The molecule has 1 atom stereocenters. The monoisotopic (exact) mass is 414 g/mol. The van der Waals surface area contributed by atoms with E-state index in [0.29, 0.717) is 12.1 Å². The summed E-state index contributed by atoms with van der Waals surface area (Å²) in [6.07, 6.45) is 1.00. The first kappa shape index (κ1) is 20.7. The molecule has 0 radical (unpaired) electrons. The van der Waals surface area contributed by atoms with Gasteiger partial charge in [-0.2, -0.15) is 0 Å². The fourth-order valence-electron chi connectivity index (χ4n) is 4.09. The Kier molecular flexibility index (Phi) is 6.03. The van der Waals surface area contributed by atoms with Crippen LogP contribution in [-0.2, 0) is 17.8 Å². The van der Waals surface area contributed by atoms with Gasteiger partial charge < -0.3 is 15.0 Å². The fourth-order valence-corrected chi connectivity index (χ4v) is 4.09. The van der Waals surface area contributed by atoms with Gasteiger partial charge in [-0.25, -0.2) is 0 Å². The van der Waals surface area contributed by atoms with Crippen molar-refractivity contribution in [2.45, 2.75) is 32.4 Å². The average molecular weight is 415 g/mol. The molecule has 0 bridgehead atoms. The first-order valence-corrected chi connectivity index (χ1v) is 10.5. The number of hydrogen-bond donors (Lipinski definition) is 1. The highest BCUT2D eigenvalue weighted by Crippen LogP contribution is 2.34. The zero-order valence-corrected chi connectivity index (χ0v) is 17.8. The van der Waals surface area contributed by atoms with E-state index in [2.05, 4.69) is 12.2 Å². The molecule has 4 rings (SSSR count). The van der Waals surface area contributed by atoms with Crippen molar-refractivity contribution in [1.82, 2.24) is 4.90 Å². The third-order valence-electron chi connectivity index (χ3n) is 5.78. The van der Waals surface area contributed by atoms with E-state index in [1.807, 2.05) is 72.8 Å². The molecule has 3 aromatic carbocycles. The zero-order valence-electron chi connectivity index (χ0n) is 17.8. The number of nitrogens with zero attached hydrogens (tertiary/aromatic N) is 1. The topological polar surface area (TPSA) is 58.6 Å². The molecule has 0 saturated heterocycles. The van der Waals surface area contributed by atoms with Gasteiger partial charge in [0.2, 0.25) is 5.91 Å². The van der Waals surface area contributed by atoms with E-state index in [4.69, 9.17) is 4.74 Å². The van der Waals surface area contributed by atoms with Gasteiger partial charge in [-0.3, -0.25) is 9.59 Å². The van der Waals surface area contributed by atoms with Gasteiger partial charge in [0, 0.05) is 17.8 Å². The minimum atomic E-state index is -0.375. The smallest absolute Gasteiger partial charge is 0.255 e. The Morgan fingerprint density at radius 2 is 1.74 bits per heavy atom. The highest BCUT2D eigenvalue weighted by molar-refractivity contribution is 5.99. The number of amides is 2. The van der Waals surface area contributed by atoms with Crippen molar-refractivity contribution < 1.29 is 14.3 Å². The van der Waals surface area contributed by atoms with Crippen molar-refractivity contribution >= 4 is 17.5 Å². The number of para-hydroxylation sites is 1. The van der Waals surface area contributed by atoms with Crippen LogP contribution < -0.4 is 10.1 Å². The van der Waals surface area contributed by atoms with Crippen molar-refractivity contribution in [1.29, 1.82) is 0 Å². The van der Waals surface area contributed by atoms with Gasteiger partial charge >= 0.3 is 0 Å². The molecule has 0 unspecified atom stereocenters. The maximum absolute atomic E-state index is 13.1. The minimum absolute atomic E-state index is 0.0434. The molecule has 5 nitrogen and oxygen atoms in total. The van der Waals surface area contributed by atoms with Crippen LogP contribution in [0.1, 0.15) is 46.4 Å². The summed E-state index contributed by atoms with van der Waals surface area (Å²) in [6.45, 7) is 2.55. The number of rotatable bonds is 7. The number of fused-ring (bicyclic) bond motifs is 1. The normalized spacial score (nSPS) is 13.6. The van der Waals surface area contributed by atoms with Crippen molar-refractivity contribution in [2.75, 3.05) is 12.4 Å². The molecule has 0 fully saturated rings. The van der Waals surface area contributed by atoms with Crippen molar-refractivity contribution in [3.05, 3.63) is 95.1 Å². The molecule has 1 aliphatic rings. The molecule has 3 aromatic rings. The van der Waals surface area contributed by atoms with E-state index in [1.165, 1.54) is 0 Å². The summed E-state index contributed by atoms with van der Waals surface area (Å²) < 4.78 is 5.27. The molecule has 0 spiro atoms. The van der Waals surface area contributed by atoms with Crippen LogP contribution in [0.4, 0.5) is 5.69 Å². The number of anilines is 1. The molecule has 0 aromatic heterocycles. The summed E-state index contributed by atoms with van der Waals surface area (Å²) in [6, 6.07) is 22.6. The Morgan fingerprint density at radius 1 is 1.03 bits per heavy atom. The molecule has 0 aliphatic carbocycles. The zero-order chi connectivity index (χ0) is 21.8. The van der Waals surface area contributed by atoms with Crippen LogP contribution in [0, 0.1) is 0 Å². The second-order valence-corrected chi connectivity index (χ2v) is 7.64. The maximum atomic E-state index is 13.1. The quantitative estimate of drug-likeness (QED) is 0.593. The molecule has 1 N–H and O–H groups in total. The van der Waals surface area contributed by atoms with Gasteiger partial charge in [-0.1, -0.05) is 55.5 Å². The predicted octanol–water partition coefficient (Wildman–Crippen LogP) is 4.98. The molecule has 1 heterocycles. The van der Waals surface area contributed by atoms with Crippen LogP contribution in [0.25, 0.3) is 0 Å². The lowest BCUT2D eigenvalue weighted by atomic mass is 10.0. The predicted molar refractivity (Wildman–Crippen MR) is 121 cm³/mol. The number of carbonyl (C=O) groups is 2. The highest BCUT2D eigenvalue weighted by Gasteiger charge is 2.34. The Bertz CT molecular complexity index is 1090. The summed E-state index contributed by atoms with van der Waals surface area (Å²) in [5, 5.41) is 3.04. The lowest BCUT2D eigenvalue weighted by molar-refractivity contribution is -0.117. The third-order valence-corrected chi connectivity index (χ3v) is 5.78. The largest absolute Gasteiger partial charge is 0.497 e. The second-order valence-electron chi connectivity index (χ2n) is 7.64. The summed E-state index contributed by atoms with van der Waals surface area (Å²) in [4.78, 5) is 28.0. The van der Waals surface area contributed by atoms with Gasteiger partial charge in [0.25, 0.3) is 5.91 Å². The SMILES string of the molecule is CCc1ccccc1NC(=O)C[C@@H](c1ccc(OC)cc1)N1Cc2ccccc2C1=O. The Balaban J connectivity index is 1.61. The maximum Gasteiger partial charge on any atom is 0.255 e. The lowest BCUT2D eigenvalue weighted by Gasteiger charge is -2.28. The van der Waals surface area contributed by atoms with Crippen LogP contribution in [0.5, 0.6) is 5.75 Å². The van der Waals surface area contributed by atoms with E-state index >= 15 is 0 Å². The fraction of sp³-hybridized carbons (Fsp3) is 0.231. The van der Waals surface area contributed by atoms with Crippen LogP contribution in [0.2, 0.25) is 0 Å². The second kappa shape index (κ2) is 9.04. The summed E-state index contributed by atoms with van der Waals surface area (Å²) in [5.74, 6) is 0.573. The summed E-state index contributed by atoms with van der Waals surface area (Å²) in [7, 11) is 1.62. The van der Waals surface area contributed by atoms with Gasteiger partial charge in [-0.05, 0) is 47.4 Å². The number of benzene rings is 3. The van der Waals surface area contributed by atoms with E-state index in [-0.39, 0.29) is 24.3 Å². The molecular weight excluding hydrogens is 388 g/mol. The van der Waals surface area contributed by atoms with E-state index in [1.54, 1.807) is 12.0 Å². The molecular formula is C26H26N2O3. The molecule has 158 valence electrons. The van der Waals surface area contributed by atoms with E-state index < -0.39 is 0 Å². The first-order chi connectivity index (χ1) is 15.1. The van der Waals surface area contributed by atoms with Gasteiger partial charge in [-0.15, -0.1) is 0 Å².